The number of rotatable bonds is 5. The lowest BCUT2D eigenvalue weighted by atomic mass is 10.1. The molecule has 0 saturated carbocycles. The zero-order valence-corrected chi connectivity index (χ0v) is 22.9. The van der Waals surface area contributed by atoms with Crippen LogP contribution in [0.15, 0.2) is 59.6 Å². The number of amides is 1. The molecule has 2 fully saturated rings. The summed E-state index contributed by atoms with van der Waals surface area (Å²) in [5.74, 6) is 1.00. The van der Waals surface area contributed by atoms with E-state index in [1.807, 2.05) is 11.0 Å². The Morgan fingerprint density at radius 2 is 1.90 bits per heavy atom. The van der Waals surface area contributed by atoms with Crippen LogP contribution in [-0.4, -0.2) is 77.1 Å². The fourth-order valence-electron chi connectivity index (χ4n) is 5.19. The molecule has 3 aromatic rings. The Bertz CT molecular complexity index is 1660. The lowest BCUT2D eigenvalue weighted by molar-refractivity contribution is -0.122. The third-order valence-corrected chi connectivity index (χ3v) is 10.2. The molecule has 2 aromatic carbocycles. The minimum atomic E-state index is -3.33. The maximum atomic E-state index is 13.6. The second-order valence-corrected chi connectivity index (χ2v) is 13.8. The number of carbonyl (C=O) groups excluding carboxylic acids is 1. The van der Waals surface area contributed by atoms with Crippen molar-refractivity contribution in [2.24, 2.45) is 0 Å². The molecule has 39 heavy (non-hydrogen) atoms. The minimum absolute atomic E-state index is 0.131. The molecule has 3 aliphatic heterocycles. The predicted octanol–water partition coefficient (Wildman–Crippen LogP) is 1.84. The molecule has 1 unspecified atom stereocenters. The van der Waals surface area contributed by atoms with Crippen molar-refractivity contribution in [3.63, 3.8) is 0 Å². The number of fused-ring (bicyclic) bond motifs is 3. The summed E-state index contributed by atoms with van der Waals surface area (Å²) in [7, 11) is -6.66. The molecule has 13 heteroatoms. The van der Waals surface area contributed by atoms with Gasteiger partial charge in [-0.3, -0.25) is 9.10 Å². The monoisotopic (exact) mass is 569 g/mol. The first-order chi connectivity index (χ1) is 18.6. The minimum Gasteiger partial charge on any atom is -0.377 e. The van der Waals surface area contributed by atoms with Gasteiger partial charge in [0.2, 0.25) is 10.0 Å². The van der Waals surface area contributed by atoms with E-state index in [0.717, 1.165) is 11.8 Å². The smallest absolute Gasteiger partial charge is 0.252 e. The number of anilines is 3. The summed E-state index contributed by atoms with van der Waals surface area (Å²) >= 11 is 0. The van der Waals surface area contributed by atoms with Crippen molar-refractivity contribution < 1.29 is 26.4 Å². The van der Waals surface area contributed by atoms with E-state index in [2.05, 4.69) is 4.98 Å². The van der Waals surface area contributed by atoms with Crippen molar-refractivity contribution in [3.05, 3.63) is 60.3 Å². The number of nitrogens with zero attached hydrogens (tertiary/aromatic N) is 5. The Morgan fingerprint density at radius 3 is 2.62 bits per heavy atom. The highest BCUT2D eigenvalue weighted by Gasteiger charge is 2.41. The Morgan fingerprint density at radius 1 is 1.10 bits per heavy atom. The molecule has 2 saturated heterocycles. The van der Waals surface area contributed by atoms with Crippen molar-refractivity contribution in [2.75, 3.05) is 52.4 Å². The zero-order valence-electron chi connectivity index (χ0n) is 21.2. The number of aromatic nitrogens is 2. The molecule has 1 aromatic heterocycles. The van der Waals surface area contributed by atoms with Crippen LogP contribution in [-0.2, 0) is 35.9 Å². The molecule has 0 spiro atoms. The number of hydrogen-bond donors (Lipinski definition) is 0. The topological polar surface area (TPSA) is 130 Å². The van der Waals surface area contributed by atoms with E-state index in [1.165, 1.54) is 16.4 Å². The molecule has 204 valence electrons. The van der Waals surface area contributed by atoms with Crippen molar-refractivity contribution >= 4 is 43.0 Å². The number of benzene rings is 2. The van der Waals surface area contributed by atoms with Gasteiger partial charge in [0.1, 0.15) is 11.7 Å². The molecule has 11 nitrogen and oxygen atoms in total. The molecule has 1 atom stereocenters. The van der Waals surface area contributed by atoms with Crippen molar-refractivity contribution in [2.45, 2.75) is 23.9 Å². The van der Waals surface area contributed by atoms with Gasteiger partial charge in [-0.15, -0.1) is 0 Å². The van der Waals surface area contributed by atoms with Crippen LogP contribution in [0.2, 0.25) is 0 Å². The van der Waals surface area contributed by atoms with E-state index >= 15 is 0 Å². The lowest BCUT2D eigenvalue weighted by Gasteiger charge is -2.44. The second-order valence-electron chi connectivity index (χ2n) is 9.82. The fraction of sp³-hybridized carbons (Fsp3) is 0.346. The first kappa shape index (κ1) is 25.7. The highest BCUT2D eigenvalue weighted by atomic mass is 32.2. The molecule has 0 aliphatic carbocycles. The molecule has 4 heterocycles. The quantitative estimate of drug-likeness (QED) is 0.452. The molecule has 3 aliphatic rings. The van der Waals surface area contributed by atoms with Gasteiger partial charge in [-0.05, 0) is 36.2 Å². The van der Waals surface area contributed by atoms with Gasteiger partial charge in [0, 0.05) is 24.9 Å². The van der Waals surface area contributed by atoms with Gasteiger partial charge in [-0.1, -0.05) is 24.3 Å². The molecule has 0 N–H and O–H groups in total. The Kier molecular flexibility index (Phi) is 6.31. The van der Waals surface area contributed by atoms with E-state index in [9.17, 15) is 21.6 Å². The van der Waals surface area contributed by atoms with E-state index in [1.54, 1.807) is 41.4 Å². The third-order valence-electron chi connectivity index (χ3n) is 7.18. The lowest BCUT2D eigenvalue weighted by Crippen LogP contribution is -2.58. The zero-order chi connectivity index (χ0) is 27.4. The van der Waals surface area contributed by atoms with Gasteiger partial charge < -0.3 is 14.5 Å². The average Bonchev–Trinajstić information content (AvgIpc) is 3.29. The van der Waals surface area contributed by atoms with E-state index in [-0.39, 0.29) is 29.7 Å². The first-order valence-corrected chi connectivity index (χ1v) is 16.0. The van der Waals surface area contributed by atoms with Crippen LogP contribution >= 0.6 is 0 Å². The summed E-state index contributed by atoms with van der Waals surface area (Å²) in [6.45, 7) is 1.82. The fourth-order valence-corrected chi connectivity index (χ4v) is 7.37. The van der Waals surface area contributed by atoms with Crippen LogP contribution in [0.5, 0.6) is 0 Å². The van der Waals surface area contributed by atoms with E-state index in [0.29, 0.717) is 54.7 Å². The second kappa shape index (κ2) is 9.57. The third kappa shape index (κ3) is 4.74. The molecule has 0 bridgehead atoms. The number of ether oxygens (including phenoxy) is 1. The molecular formula is C26H27N5O6S2. The molecule has 6 rings (SSSR count). The molecular weight excluding hydrogens is 542 g/mol. The average molecular weight is 570 g/mol. The van der Waals surface area contributed by atoms with Crippen LogP contribution in [0, 0.1) is 0 Å². The normalized spacial score (nSPS) is 20.6. The first-order valence-electron chi connectivity index (χ1n) is 12.5. The Labute approximate surface area is 227 Å². The SMILES string of the molecule is CS(=O)(=O)c1ccc(CN2C(=O)C3COCCN3c3nc(-c4cccc(N5CCCS5(=O)=O)c4)ncc32)cc1. The number of carbonyl (C=O) groups is 1. The summed E-state index contributed by atoms with van der Waals surface area (Å²) in [6.07, 6.45) is 3.35. The highest BCUT2D eigenvalue weighted by Crippen LogP contribution is 2.38. The van der Waals surface area contributed by atoms with Crippen LogP contribution in [0.4, 0.5) is 17.2 Å². The largest absolute Gasteiger partial charge is 0.377 e. The maximum Gasteiger partial charge on any atom is 0.252 e. The summed E-state index contributed by atoms with van der Waals surface area (Å²) in [4.78, 5) is 26.7. The van der Waals surface area contributed by atoms with Crippen LogP contribution in [0.25, 0.3) is 11.4 Å². The summed E-state index contributed by atoms with van der Waals surface area (Å²) in [6, 6.07) is 13.1. The van der Waals surface area contributed by atoms with Crippen molar-refractivity contribution in [3.8, 4) is 11.4 Å². The molecule has 0 radical (unpaired) electrons. The number of sulfone groups is 1. The molecule has 1 amide bonds. The van der Waals surface area contributed by atoms with E-state index < -0.39 is 25.9 Å². The maximum absolute atomic E-state index is 13.6. The van der Waals surface area contributed by atoms with Crippen LogP contribution < -0.4 is 14.1 Å². The van der Waals surface area contributed by atoms with Gasteiger partial charge in [-0.2, -0.15) is 0 Å². The van der Waals surface area contributed by atoms with Gasteiger partial charge in [0.05, 0.1) is 42.3 Å². The number of hydrogen-bond acceptors (Lipinski definition) is 9. The predicted molar refractivity (Wildman–Crippen MR) is 146 cm³/mol. The van der Waals surface area contributed by atoms with Crippen molar-refractivity contribution in [1.29, 1.82) is 0 Å². The number of morpholine rings is 1. The Hall–Kier alpha value is -3.55. The van der Waals surface area contributed by atoms with Gasteiger partial charge in [-0.25, -0.2) is 26.8 Å². The highest BCUT2D eigenvalue weighted by molar-refractivity contribution is 7.93. The standard InChI is InChI=1S/C26H27N5O6S2/c1-38(33,34)21-8-6-18(7-9-21)16-30-22-15-27-24(28-25(22)29-11-12-37-17-23(29)26(30)32)19-4-2-5-20(14-19)31-10-3-13-39(31,35)36/h2,4-9,14-15,23H,3,10-13,16-17H2,1H3. The van der Waals surface area contributed by atoms with Gasteiger partial charge in [0.15, 0.2) is 21.5 Å². The van der Waals surface area contributed by atoms with Gasteiger partial charge in [0.25, 0.3) is 5.91 Å². The van der Waals surface area contributed by atoms with Gasteiger partial charge >= 0.3 is 0 Å². The summed E-state index contributed by atoms with van der Waals surface area (Å²) in [5.41, 5.74) is 2.55. The summed E-state index contributed by atoms with van der Waals surface area (Å²) < 4.78 is 55.6. The van der Waals surface area contributed by atoms with E-state index in [4.69, 9.17) is 9.72 Å². The van der Waals surface area contributed by atoms with Crippen LogP contribution in [0.1, 0.15) is 12.0 Å². The summed E-state index contributed by atoms with van der Waals surface area (Å²) in [5, 5.41) is 0. The van der Waals surface area contributed by atoms with Crippen LogP contribution in [0.3, 0.4) is 0 Å². The number of sulfonamides is 1. The van der Waals surface area contributed by atoms with Crippen molar-refractivity contribution in [1.82, 2.24) is 9.97 Å². The Balaban J connectivity index is 1.37.